The van der Waals surface area contributed by atoms with Gasteiger partial charge in [0.2, 0.25) is 0 Å². The summed E-state index contributed by atoms with van der Waals surface area (Å²) in [5.74, 6) is 0.736. The first kappa shape index (κ1) is 10.6. The Morgan fingerprint density at radius 1 is 1.12 bits per heavy atom. The number of pyridine rings is 1. The number of H-pyrrole nitrogens is 1. The van der Waals surface area contributed by atoms with Crippen LogP contribution in [0, 0.1) is 4.64 Å². The number of nitrogens with one attached hydrogen (secondary N) is 1. The zero-order chi connectivity index (χ0) is 11.8. The number of halogens is 1. The van der Waals surface area contributed by atoms with Crippen LogP contribution in [0.5, 0.6) is 0 Å². The Labute approximate surface area is 108 Å². The Balaban J connectivity index is 2.25. The molecule has 0 saturated carbocycles. The molecule has 3 rings (SSSR count). The quantitative estimate of drug-likeness (QED) is 0.637. The minimum atomic E-state index is 0.614. The van der Waals surface area contributed by atoms with E-state index in [2.05, 4.69) is 4.98 Å². The number of benzene rings is 1. The molecule has 0 aliphatic heterocycles. The lowest BCUT2D eigenvalue weighted by atomic mass is 10.2. The Bertz CT molecular complexity index is 744. The predicted octanol–water partition coefficient (Wildman–Crippen LogP) is 4.81. The van der Waals surface area contributed by atoms with Crippen LogP contribution in [-0.2, 0) is 0 Å². The van der Waals surface area contributed by atoms with E-state index in [1.54, 1.807) is 0 Å². The first-order chi connectivity index (χ1) is 8.24. The summed E-state index contributed by atoms with van der Waals surface area (Å²) >= 11 is 11.1. The van der Waals surface area contributed by atoms with E-state index in [-0.39, 0.29) is 0 Å². The van der Waals surface area contributed by atoms with Gasteiger partial charge in [-0.3, -0.25) is 0 Å². The predicted molar refractivity (Wildman–Crippen MR) is 71.8 cm³/mol. The third-order valence-electron chi connectivity index (χ3n) is 2.53. The number of aromatic nitrogens is 1. The van der Waals surface area contributed by atoms with Gasteiger partial charge in [0, 0.05) is 5.39 Å². The summed E-state index contributed by atoms with van der Waals surface area (Å²) in [6.45, 7) is 0. The lowest BCUT2D eigenvalue weighted by Gasteiger charge is -1.95. The highest BCUT2D eigenvalue weighted by atomic mass is 35.5. The van der Waals surface area contributed by atoms with E-state index in [9.17, 15) is 0 Å². The molecule has 2 nitrogen and oxygen atoms in total. The normalized spacial score (nSPS) is 10.9. The minimum absolute atomic E-state index is 0.614. The van der Waals surface area contributed by atoms with Gasteiger partial charge in [-0.25, -0.2) is 0 Å². The summed E-state index contributed by atoms with van der Waals surface area (Å²) in [7, 11) is 0. The molecule has 2 aromatic heterocycles. The van der Waals surface area contributed by atoms with Gasteiger partial charge < -0.3 is 9.40 Å². The van der Waals surface area contributed by atoms with Crippen molar-refractivity contribution in [3.8, 4) is 11.5 Å². The maximum Gasteiger partial charge on any atom is 0.153 e. The zero-order valence-electron chi connectivity index (χ0n) is 8.74. The summed E-state index contributed by atoms with van der Waals surface area (Å²) < 4.78 is 6.41. The Morgan fingerprint density at radius 3 is 2.71 bits per heavy atom. The molecule has 84 valence electrons. The van der Waals surface area contributed by atoms with E-state index in [4.69, 9.17) is 28.2 Å². The van der Waals surface area contributed by atoms with E-state index in [1.165, 1.54) is 0 Å². The van der Waals surface area contributed by atoms with Crippen LogP contribution in [0.3, 0.4) is 0 Å². The third kappa shape index (κ3) is 1.88. The summed E-state index contributed by atoms with van der Waals surface area (Å²) in [5.41, 5.74) is 1.55. The number of fused-ring (bicyclic) bond motifs is 1. The molecule has 0 amide bonds. The lowest BCUT2D eigenvalue weighted by Crippen LogP contribution is -1.79. The molecule has 0 atom stereocenters. The van der Waals surface area contributed by atoms with Crippen molar-refractivity contribution in [2.45, 2.75) is 0 Å². The molecule has 0 bridgehead atoms. The van der Waals surface area contributed by atoms with Gasteiger partial charge in [-0.1, -0.05) is 42.0 Å². The minimum Gasteiger partial charge on any atom is -0.453 e. The second kappa shape index (κ2) is 4.02. The second-order valence-electron chi connectivity index (χ2n) is 3.70. The molecule has 0 saturated heterocycles. The van der Waals surface area contributed by atoms with Crippen molar-refractivity contribution in [2.75, 3.05) is 0 Å². The summed E-state index contributed by atoms with van der Waals surface area (Å²) in [6.07, 6.45) is 0. The van der Waals surface area contributed by atoms with Crippen LogP contribution < -0.4 is 0 Å². The van der Waals surface area contributed by atoms with Gasteiger partial charge >= 0.3 is 0 Å². The Morgan fingerprint density at radius 2 is 1.94 bits per heavy atom. The molecule has 3 aromatic rings. The van der Waals surface area contributed by atoms with Crippen molar-refractivity contribution in [1.29, 1.82) is 0 Å². The average molecular weight is 262 g/mol. The van der Waals surface area contributed by atoms with E-state index >= 15 is 0 Å². The fourth-order valence-corrected chi connectivity index (χ4v) is 2.16. The summed E-state index contributed by atoms with van der Waals surface area (Å²) in [5, 5.41) is 1.60. The maximum atomic E-state index is 6.06. The molecule has 0 aliphatic carbocycles. The monoisotopic (exact) mass is 261 g/mol. The molecule has 17 heavy (non-hydrogen) atoms. The molecular formula is C13H8ClNOS. The molecule has 1 N–H and O–H groups in total. The fraction of sp³-hybridized carbons (Fsp3) is 0. The van der Waals surface area contributed by atoms with Gasteiger partial charge in [-0.2, -0.15) is 0 Å². The number of rotatable bonds is 1. The van der Waals surface area contributed by atoms with Crippen molar-refractivity contribution in [3.05, 3.63) is 52.1 Å². The number of hydrogen-bond donors (Lipinski definition) is 1. The maximum absolute atomic E-state index is 6.06. The third-order valence-corrected chi connectivity index (χ3v) is 3.07. The van der Waals surface area contributed by atoms with Crippen molar-refractivity contribution < 1.29 is 4.42 Å². The standard InChI is InChI=1S/C13H8ClNOS/c14-9-4-1-3-8-7-11(16-13(8)9)10-5-2-6-12(17)15-10/h1-7H,(H,15,17). The van der Waals surface area contributed by atoms with Crippen LogP contribution in [0.2, 0.25) is 5.02 Å². The molecule has 0 unspecified atom stereocenters. The highest BCUT2D eigenvalue weighted by Crippen LogP contribution is 2.30. The zero-order valence-corrected chi connectivity index (χ0v) is 10.3. The van der Waals surface area contributed by atoms with Gasteiger partial charge in [0.15, 0.2) is 11.3 Å². The van der Waals surface area contributed by atoms with Crippen molar-refractivity contribution in [2.24, 2.45) is 0 Å². The number of furan rings is 1. The van der Waals surface area contributed by atoms with Gasteiger partial charge in [-0.05, 0) is 24.3 Å². The smallest absolute Gasteiger partial charge is 0.153 e. The fourth-order valence-electron chi connectivity index (χ4n) is 1.75. The molecule has 0 radical (unpaired) electrons. The molecule has 0 fully saturated rings. The van der Waals surface area contributed by atoms with Gasteiger partial charge in [0.1, 0.15) is 4.64 Å². The topological polar surface area (TPSA) is 28.9 Å². The average Bonchev–Trinajstić information content (AvgIpc) is 2.74. The molecule has 0 spiro atoms. The van der Waals surface area contributed by atoms with Gasteiger partial charge in [0.25, 0.3) is 0 Å². The second-order valence-corrected chi connectivity index (χ2v) is 4.54. The lowest BCUT2D eigenvalue weighted by molar-refractivity contribution is 0.629. The van der Waals surface area contributed by atoms with Crippen molar-refractivity contribution in [3.63, 3.8) is 0 Å². The van der Waals surface area contributed by atoms with E-state index in [1.807, 2.05) is 42.5 Å². The van der Waals surface area contributed by atoms with Crippen molar-refractivity contribution >= 4 is 34.8 Å². The highest BCUT2D eigenvalue weighted by Gasteiger charge is 2.08. The van der Waals surface area contributed by atoms with Crippen LogP contribution in [0.1, 0.15) is 0 Å². The first-order valence-corrected chi connectivity index (χ1v) is 5.90. The van der Waals surface area contributed by atoms with Crippen LogP contribution in [0.4, 0.5) is 0 Å². The molecule has 0 aliphatic rings. The molecule has 4 heteroatoms. The Kier molecular flexibility index (Phi) is 2.50. The molecular weight excluding hydrogens is 254 g/mol. The Hall–Kier alpha value is -1.58. The van der Waals surface area contributed by atoms with Crippen LogP contribution in [-0.4, -0.2) is 4.98 Å². The number of para-hydroxylation sites is 1. The summed E-state index contributed by atoms with van der Waals surface area (Å²) in [4.78, 5) is 3.08. The number of aromatic amines is 1. The van der Waals surface area contributed by atoms with Gasteiger partial charge in [-0.15, -0.1) is 0 Å². The van der Waals surface area contributed by atoms with E-state index < -0.39 is 0 Å². The first-order valence-electron chi connectivity index (χ1n) is 5.12. The number of hydrogen-bond acceptors (Lipinski definition) is 2. The van der Waals surface area contributed by atoms with Crippen LogP contribution in [0.25, 0.3) is 22.4 Å². The van der Waals surface area contributed by atoms with Crippen LogP contribution >= 0.6 is 23.8 Å². The molecule has 1 aromatic carbocycles. The summed E-state index contributed by atoms with van der Waals surface area (Å²) in [6, 6.07) is 13.3. The highest BCUT2D eigenvalue weighted by molar-refractivity contribution is 7.71. The van der Waals surface area contributed by atoms with Gasteiger partial charge in [0.05, 0.1) is 10.7 Å². The largest absolute Gasteiger partial charge is 0.453 e. The van der Waals surface area contributed by atoms with Crippen LogP contribution in [0.15, 0.2) is 46.9 Å². The SMILES string of the molecule is S=c1cccc(-c2cc3cccc(Cl)c3o2)[nH]1. The van der Waals surface area contributed by atoms with E-state index in [0.29, 0.717) is 15.2 Å². The van der Waals surface area contributed by atoms with Crippen molar-refractivity contribution in [1.82, 2.24) is 4.98 Å². The van der Waals surface area contributed by atoms with E-state index in [0.717, 1.165) is 16.8 Å². The molecule has 2 heterocycles.